The van der Waals surface area contributed by atoms with E-state index in [0.717, 1.165) is 41.5 Å². The fraction of sp³-hybridized carbons (Fsp3) is 0.481. The normalized spacial score (nSPS) is 15.2. The van der Waals surface area contributed by atoms with Crippen LogP contribution in [0.25, 0.3) is 0 Å². The van der Waals surface area contributed by atoms with Gasteiger partial charge in [0.1, 0.15) is 6.04 Å². The van der Waals surface area contributed by atoms with Crippen LogP contribution in [-0.4, -0.2) is 34.6 Å². The first kappa shape index (κ1) is 25.8. The van der Waals surface area contributed by atoms with Crippen LogP contribution < -0.4 is 5.32 Å². The highest BCUT2D eigenvalue weighted by Gasteiger charge is 2.28. The average molecular weight is 532 g/mol. The number of benzene rings is 2. The third-order valence-electron chi connectivity index (χ3n) is 6.16. The van der Waals surface area contributed by atoms with Crippen molar-refractivity contribution in [3.05, 3.63) is 69.2 Å². The molecule has 1 aliphatic carbocycles. The molecular weight excluding hydrogens is 496 g/mol. The summed E-state index contributed by atoms with van der Waals surface area (Å²) in [4.78, 5) is 28.1. The first-order valence-electron chi connectivity index (χ1n) is 11.8. The first-order chi connectivity index (χ1) is 15.8. The van der Waals surface area contributed by atoms with Crippen LogP contribution in [0.15, 0.2) is 46.9 Å². The summed E-state index contributed by atoms with van der Waals surface area (Å²) in [5, 5.41) is 3.20. The highest BCUT2D eigenvalue weighted by Crippen LogP contribution is 2.20. The van der Waals surface area contributed by atoms with Crippen LogP contribution >= 0.6 is 27.7 Å². The van der Waals surface area contributed by atoms with Gasteiger partial charge in [0.2, 0.25) is 11.8 Å². The van der Waals surface area contributed by atoms with Gasteiger partial charge < -0.3 is 10.2 Å². The van der Waals surface area contributed by atoms with Gasteiger partial charge in [-0.1, -0.05) is 76.7 Å². The van der Waals surface area contributed by atoms with E-state index < -0.39 is 6.04 Å². The molecule has 6 heteroatoms. The van der Waals surface area contributed by atoms with Gasteiger partial charge in [0.25, 0.3) is 0 Å². The molecule has 1 aliphatic rings. The van der Waals surface area contributed by atoms with Gasteiger partial charge in [-0.15, -0.1) is 11.8 Å². The molecule has 0 unspecified atom stereocenters. The van der Waals surface area contributed by atoms with Gasteiger partial charge >= 0.3 is 0 Å². The number of halogens is 1. The summed E-state index contributed by atoms with van der Waals surface area (Å²) >= 11 is 5.07. The van der Waals surface area contributed by atoms with Crippen LogP contribution in [-0.2, 0) is 21.9 Å². The summed E-state index contributed by atoms with van der Waals surface area (Å²) < 4.78 is 0.997. The third-order valence-corrected chi connectivity index (χ3v) is 7.68. The van der Waals surface area contributed by atoms with Gasteiger partial charge in [0.15, 0.2) is 0 Å². The highest BCUT2D eigenvalue weighted by molar-refractivity contribution is 9.10. The summed E-state index contributed by atoms with van der Waals surface area (Å²) in [6.07, 6.45) is 5.63. The summed E-state index contributed by atoms with van der Waals surface area (Å²) in [5.74, 6) is 1.08. The van der Waals surface area contributed by atoms with E-state index in [2.05, 4.69) is 53.3 Å². The van der Waals surface area contributed by atoms with E-state index in [1.165, 1.54) is 23.1 Å². The second-order valence-corrected chi connectivity index (χ2v) is 11.1. The first-order valence-corrected chi connectivity index (χ1v) is 13.8. The van der Waals surface area contributed by atoms with E-state index in [1.54, 1.807) is 16.7 Å². The molecule has 33 heavy (non-hydrogen) atoms. The molecule has 0 saturated heterocycles. The van der Waals surface area contributed by atoms with Crippen molar-refractivity contribution in [1.29, 1.82) is 0 Å². The Morgan fingerprint density at radius 3 is 2.30 bits per heavy atom. The minimum Gasteiger partial charge on any atom is -0.352 e. The van der Waals surface area contributed by atoms with E-state index in [-0.39, 0.29) is 17.9 Å². The quantitative estimate of drug-likeness (QED) is 0.421. The zero-order chi connectivity index (χ0) is 23.8. The minimum atomic E-state index is -0.509. The van der Waals surface area contributed by atoms with Crippen LogP contribution in [0.2, 0.25) is 0 Å². The molecule has 1 N–H and O–H groups in total. The van der Waals surface area contributed by atoms with E-state index in [1.807, 2.05) is 31.2 Å². The van der Waals surface area contributed by atoms with Crippen molar-refractivity contribution < 1.29 is 9.59 Å². The van der Waals surface area contributed by atoms with Gasteiger partial charge in [-0.3, -0.25) is 9.59 Å². The van der Waals surface area contributed by atoms with Gasteiger partial charge in [0.05, 0.1) is 5.75 Å². The van der Waals surface area contributed by atoms with Crippen molar-refractivity contribution >= 4 is 39.5 Å². The number of thioether (sulfide) groups is 1. The second-order valence-electron chi connectivity index (χ2n) is 9.16. The SMILES string of the molecule is Cc1cc(C)cc(CSCC(=O)N(Cc2ccc(Br)cc2)[C@@H](C)C(=O)NC2CCCCC2)c1. The van der Waals surface area contributed by atoms with Crippen LogP contribution in [0.5, 0.6) is 0 Å². The van der Waals surface area contributed by atoms with Crippen LogP contribution in [0, 0.1) is 13.8 Å². The smallest absolute Gasteiger partial charge is 0.242 e. The maximum atomic E-state index is 13.3. The van der Waals surface area contributed by atoms with Crippen LogP contribution in [0.3, 0.4) is 0 Å². The number of aryl methyl sites for hydroxylation is 2. The van der Waals surface area contributed by atoms with Crippen molar-refractivity contribution in [2.45, 2.75) is 77.3 Å². The fourth-order valence-corrected chi connectivity index (χ4v) is 5.54. The molecule has 2 amide bonds. The summed E-state index contributed by atoms with van der Waals surface area (Å²) in [6.45, 7) is 6.47. The molecule has 0 radical (unpaired) electrons. The molecule has 0 bridgehead atoms. The Morgan fingerprint density at radius 2 is 1.67 bits per heavy atom. The zero-order valence-electron chi connectivity index (χ0n) is 19.9. The number of carbonyl (C=O) groups excluding carboxylic acids is 2. The molecule has 1 atom stereocenters. The maximum absolute atomic E-state index is 13.3. The lowest BCUT2D eigenvalue weighted by molar-refractivity contribution is -0.139. The van der Waals surface area contributed by atoms with Gasteiger partial charge in [-0.25, -0.2) is 0 Å². The Hall–Kier alpha value is -1.79. The standard InChI is InChI=1S/C27H35BrN2O2S/c1-19-13-20(2)15-23(14-19)17-33-18-26(31)30(16-22-9-11-24(28)12-10-22)21(3)27(32)29-25-7-5-4-6-8-25/h9-15,21,25H,4-8,16-18H2,1-3H3,(H,29,32)/t21-/m0/s1. The molecule has 1 saturated carbocycles. The molecule has 0 aliphatic heterocycles. The molecule has 2 aromatic rings. The van der Waals surface area contributed by atoms with Crippen molar-refractivity contribution in [2.24, 2.45) is 0 Å². The summed E-state index contributed by atoms with van der Waals surface area (Å²) in [5.41, 5.74) is 4.72. The lowest BCUT2D eigenvalue weighted by Gasteiger charge is -2.31. The van der Waals surface area contributed by atoms with Crippen molar-refractivity contribution in [3.8, 4) is 0 Å². The fourth-order valence-electron chi connectivity index (χ4n) is 4.43. The Morgan fingerprint density at radius 1 is 1.03 bits per heavy atom. The molecule has 1 fully saturated rings. The van der Waals surface area contributed by atoms with Crippen LogP contribution in [0.4, 0.5) is 0 Å². The number of rotatable bonds is 9. The zero-order valence-corrected chi connectivity index (χ0v) is 22.3. The van der Waals surface area contributed by atoms with Gasteiger partial charge in [-0.05, 0) is 56.9 Å². The molecule has 2 aromatic carbocycles. The largest absolute Gasteiger partial charge is 0.352 e. The number of hydrogen-bond acceptors (Lipinski definition) is 3. The number of hydrogen-bond donors (Lipinski definition) is 1. The van der Waals surface area contributed by atoms with Gasteiger partial charge in [0, 0.05) is 22.8 Å². The Bertz CT molecular complexity index is 921. The lowest BCUT2D eigenvalue weighted by Crippen LogP contribution is -2.50. The van der Waals surface area contributed by atoms with Crippen molar-refractivity contribution in [2.75, 3.05) is 5.75 Å². The molecule has 178 valence electrons. The third kappa shape index (κ3) is 8.18. The number of amides is 2. The average Bonchev–Trinajstić information content (AvgIpc) is 2.78. The van der Waals surface area contributed by atoms with Gasteiger partial charge in [-0.2, -0.15) is 0 Å². The van der Waals surface area contributed by atoms with Crippen LogP contribution in [0.1, 0.15) is 61.3 Å². The molecule has 0 heterocycles. The minimum absolute atomic E-state index is 0.00131. The molecule has 3 rings (SSSR count). The lowest BCUT2D eigenvalue weighted by atomic mass is 9.95. The number of nitrogens with zero attached hydrogens (tertiary/aromatic N) is 1. The van der Waals surface area contributed by atoms with Crippen molar-refractivity contribution in [3.63, 3.8) is 0 Å². The summed E-state index contributed by atoms with van der Waals surface area (Å²) in [6, 6.07) is 14.2. The molecular formula is C27H35BrN2O2S. The van der Waals surface area contributed by atoms with E-state index >= 15 is 0 Å². The van der Waals surface area contributed by atoms with Crippen molar-refractivity contribution in [1.82, 2.24) is 10.2 Å². The molecule has 0 spiro atoms. The Kier molecular flexibility index (Phi) is 9.87. The molecule has 4 nitrogen and oxygen atoms in total. The second kappa shape index (κ2) is 12.6. The number of carbonyl (C=O) groups is 2. The monoisotopic (exact) mass is 530 g/mol. The highest BCUT2D eigenvalue weighted by atomic mass is 79.9. The summed E-state index contributed by atoms with van der Waals surface area (Å²) in [7, 11) is 0. The molecule has 0 aromatic heterocycles. The predicted molar refractivity (Wildman–Crippen MR) is 141 cm³/mol. The van der Waals surface area contributed by atoms with E-state index in [4.69, 9.17) is 0 Å². The van der Waals surface area contributed by atoms with E-state index in [9.17, 15) is 9.59 Å². The number of nitrogens with one attached hydrogen (secondary N) is 1. The Labute approximate surface area is 211 Å². The Balaban J connectivity index is 1.65. The topological polar surface area (TPSA) is 49.4 Å². The maximum Gasteiger partial charge on any atom is 0.242 e. The van der Waals surface area contributed by atoms with E-state index in [0.29, 0.717) is 12.3 Å². The predicted octanol–water partition coefficient (Wildman–Crippen LogP) is 6.17.